The van der Waals surface area contributed by atoms with Crippen molar-refractivity contribution in [3.05, 3.63) is 90.5 Å². The van der Waals surface area contributed by atoms with Crippen molar-refractivity contribution < 1.29 is 29.0 Å². The van der Waals surface area contributed by atoms with E-state index in [1.54, 1.807) is 49.6 Å². The summed E-state index contributed by atoms with van der Waals surface area (Å²) < 4.78 is 10.6. The molecule has 1 atom stereocenters. The average molecular weight is 493 g/mol. The summed E-state index contributed by atoms with van der Waals surface area (Å²) in [6, 6.07) is 21.4. The van der Waals surface area contributed by atoms with E-state index in [9.17, 15) is 14.4 Å². The van der Waals surface area contributed by atoms with Crippen LogP contribution in [0.1, 0.15) is 10.8 Å². The van der Waals surface area contributed by atoms with Gasteiger partial charge in [0, 0.05) is 28.8 Å². The van der Waals surface area contributed by atoms with Crippen LogP contribution < -0.4 is 20.1 Å². The molecule has 180 valence electrons. The molecule has 1 unspecified atom stereocenters. The lowest BCUT2D eigenvalue weighted by molar-refractivity contribution is -0.131. The number of carbonyl (C=O) groups excluding carboxylic acids is 2. The Morgan fingerprint density at radius 3 is 2.23 bits per heavy atom. The van der Waals surface area contributed by atoms with Crippen LogP contribution in [0.3, 0.4) is 0 Å². The highest BCUT2D eigenvalue weighted by molar-refractivity contribution is 8.00. The van der Waals surface area contributed by atoms with Gasteiger partial charge in [-0.3, -0.25) is 9.59 Å². The lowest BCUT2D eigenvalue weighted by Crippen LogP contribution is -2.19. The van der Waals surface area contributed by atoms with Gasteiger partial charge in [0.1, 0.15) is 16.7 Å². The SMILES string of the molecule is COc1ccc(NC(=O)C(Sc2ccc(NC(=O)/C=C/C(=O)O)cc2)c2ccccc2)c(OC)c1. The number of amides is 2. The molecule has 3 N–H and O–H groups in total. The van der Waals surface area contributed by atoms with Crippen molar-refractivity contribution in [2.24, 2.45) is 0 Å². The molecule has 0 radical (unpaired) electrons. The van der Waals surface area contributed by atoms with Gasteiger partial charge in [0.05, 0.1) is 19.9 Å². The van der Waals surface area contributed by atoms with Gasteiger partial charge in [-0.1, -0.05) is 30.3 Å². The molecule has 0 aromatic heterocycles. The number of methoxy groups -OCH3 is 2. The molecule has 0 aliphatic rings. The molecule has 3 aromatic rings. The minimum Gasteiger partial charge on any atom is -0.497 e. The predicted octanol–water partition coefficient (Wildman–Crippen LogP) is 4.76. The van der Waals surface area contributed by atoms with Crippen LogP contribution in [-0.4, -0.2) is 37.1 Å². The van der Waals surface area contributed by atoms with E-state index in [1.807, 2.05) is 30.3 Å². The highest BCUT2D eigenvalue weighted by Gasteiger charge is 2.23. The number of carboxylic acids is 1. The van der Waals surface area contributed by atoms with Crippen molar-refractivity contribution in [1.29, 1.82) is 0 Å². The van der Waals surface area contributed by atoms with Crippen molar-refractivity contribution in [3.8, 4) is 11.5 Å². The molecule has 3 aromatic carbocycles. The summed E-state index contributed by atoms with van der Waals surface area (Å²) >= 11 is 1.35. The Balaban J connectivity index is 1.78. The molecule has 2 amide bonds. The van der Waals surface area contributed by atoms with Gasteiger partial charge < -0.3 is 25.2 Å². The van der Waals surface area contributed by atoms with Crippen LogP contribution in [0.4, 0.5) is 11.4 Å². The van der Waals surface area contributed by atoms with E-state index in [0.29, 0.717) is 22.9 Å². The number of benzene rings is 3. The van der Waals surface area contributed by atoms with E-state index in [1.165, 1.54) is 18.9 Å². The Kier molecular flexibility index (Phi) is 8.91. The summed E-state index contributed by atoms with van der Waals surface area (Å²) in [6.45, 7) is 0. The van der Waals surface area contributed by atoms with Crippen LogP contribution in [0.5, 0.6) is 11.5 Å². The Bertz CT molecular complexity index is 1210. The molecule has 0 spiro atoms. The summed E-state index contributed by atoms with van der Waals surface area (Å²) in [4.78, 5) is 36.5. The number of carbonyl (C=O) groups is 3. The van der Waals surface area contributed by atoms with E-state index >= 15 is 0 Å². The van der Waals surface area contributed by atoms with Gasteiger partial charge in [0.15, 0.2) is 0 Å². The van der Waals surface area contributed by atoms with E-state index < -0.39 is 17.1 Å². The van der Waals surface area contributed by atoms with Crippen LogP contribution >= 0.6 is 11.8 Å². The van der Waals surface area contributed by atoms with Crippen molar-refractivity contribution in [2.75, 3.05) is 24.9 Å². The second kappa shape index (κ2) is 12.3. The number of aliphatic carboxylic acids is 1. The molecule has 0 saturated heterocycles. The fourth-order valence-corrected chi connectivity index (χ4v) is 4.11. The molecule has 0 aliphatic heterocycles. The number of carboxylic acid groups (broad SMARTS) is 1. The summed E-state index contributed by atoms with van der Waals surface area (Å²) in [5, 5.41) is 13.6. The summed E-state index contributed by atoms with van der Waals surface area (Å²) in [5.41, 5.74) is 1.84. The quantitative estimate of drug-likeness (QED) is 0.276. The molecular formula is C26H24N2O6S. The molecule has 9 heteroatoms. The van der Waals surface area contributed by atoms with Gasteiger partial charge in [0.2, 0.25) is 11.8 Å². The molecular weight excluding hydrogens is 468 g/mol. The number of hydrogen-bond acceptors (Lipinski definition) is 6. The topological polar surface area (TPSA) is 114 Å². The molecule has 35 heavy (non-hydrogen) atoms. The van der Waals surface area contributed by atoms with Crippen molar-refractivity contribution in [3.63, 3.8) is 0 Å². The zero-order valence-electron chi connectivity index (χ0n) is 19.1. The first-order valence-electron chi connectivity index (χ1n) is 10.5. The molecule has 3 rings (SSSR count). The van der Waals surface area contributed by atoms with Crippen molar-refractivity contribution in [1.82, 2.24) is 0 Å². The number of rotatable bonds is 10. The van der Waals surface area contributed by atoms with Crippen LogP contribution in [0.25, 0.3) is 0 Å². The molecule has 0 fully saturated rings. The average Bonchev–Trinajstić information content (AvgIpc) is 2.87. The monoisotopic (exact) mass is 492 g/mol. The Hall–Kier alpha value is -4.24. The number of ether oxygens (including phenoxy) is 2. The molecule has 8 nitrogen and oxygen atoms in total. The molecule has 0 saturated carbocycles. The maximum absolute atomic E-state index is 13.3. The van der Waals surface area contributed by atoms with Gasteiger partial charge in [-0.2, -0.15) is 0 Å². The fourth-order valence-electron chi connectivity index (χ4n) is 3.08. The second-order valence-electron chi connectivity index (χ2n) is 7.15. The van der Waals surface area contributed by atoms with Crippen LogP contribution in [0, 0.1) is 0 Å². The Labute approximate surface area is 207 Å². The highest BCUT2D eigenvalue weighted by atomic mass is 32.2. The van der Waals surface area contributed by atoms with Crippen LogP contribution in [-0.2, 0) is 14.4 Å². The largest absolute Gasteiger partial charge is 0.497 e. The van der Waals surface area contributed by atoms with Crippen molar-refractivity contribution in [2.45, 2.75) is 10.1 Å². The first kappa shape index (κ1) is 25.4. The smallest absolute Gasteiger partial charge is 0.328 e. The van der Waals surface area contributed by atoms with Gasteiger partial charge in [-0.25, -0.2) is 4.79 Å². The molecule has 0 heterocycles. The maximum Gasteiger partial charge on any atom is 0.328 e. The summed E-state index contributed by atoms with van der Waals surface area (Å²) in [7, 11) is 3.07. The third-order valence-corrected chi connectivity index (χ3v) is 6.03. The third-order valence-electron chi connectivity index (χ3n) is 4.76. The fraction of sp³-hybridized carbons (Fsp3) is 0.115. The van der Waals surface area contributed by atoms with Gasteiger partial charge >= 0.3 is 5.97 Å². The summed E-state index contributed by atoms with van der Waals surface area (Å²) in [6.07, 6.45) is 1.70. The number of hydrogen-bond donors (Lipinski definition) is 3. The van der Waals surface area contributed by atoms with Gasteiger partial charge in [0.25, 0.3) is 0 Å². The predicted molar refractivity (Wildman–Crippen MR) is 135 cm³/mol. The summed E-state index contributed by atoms with van der Waals surface area (Å²) in [5.74, 6) is -0.904. The molecule has 0 aliphatic carbocycles. The highest BCUT2D eigenvalue weighted by Crippen LogP contribution is 2.38. The number of thioether (sulfide) groups is 1. The third kappa shape index (κ3) is 7.38. The Morgan fingerprint density at radius 2 is 1.60 bits per heavy atom. The minimum atomic E-state index is -1.20. The van der Waals surface area contributed by atoms with Gasteiger partial charge in [-0.15, -0.1) is 11.8 Å². The zero-order valence-corrected chi connectivity index (χ0v) is 19.9. The lowest BCUT2D eigenvalue weighted by atomic mass is 10.1. The van der Waals surface area contributed by atoms with E-state index in [2.05, 4.69) is 10.6 Å². The van der Waals surface area contributed by atoms with E-state index in [-0.39, 0.29) is 5.91 Å². The van der Waals surface area contributed by atoms with Crippen molar-refractivity contribution >= 4 is 40.9 Å². The number of nitrogens with one attached hydrogen (secondary N) is 2. The molecule has 0 bridgehead atoms. The second-order valence-corrected chi connectivity index (χ2v) is 8.33. The Morgan fingerprint density at radius 1 is 0.886 bits per heavy atom. The maximum atomic E-state index is 13.3. The van der Waals surface area contributed by atoms with Gasteiger partial charge in [-0.05, 0) is 42.0 Å². The standard InChI is InChI=1S/C26H24N2O6S/c1-33-19-10-13-21(22(16-19)34-2)28-26(32)25(17-6-4-3-5-7-17)35-20-11-8-18(9-12-20)27-23(29)14-15-24(30)31/h3-16,25H,1-2H3,(H,27,29)(H,28,32)(H,30,31)/b15-14+. The normalized spacial score (nSPS) is 11.5. The number of anilines is 2. The zero-order chi connectivity index (χ0) is 25.2. The first-order chi connectivity index (χ1) is 16.9. The van der Waals surface area contributed by atoms with E-state index in [4.69, 9.17) is 14.6 Å². The van der Waals surface area contributed by atoms with Crippen LogP contribution in [0.2, 0.25) is 0 Å². The lowest BCUT2D eigenvalue weighted by Gasteiger charge is -2.19. The first-order valence-corrected chi connectivity index (χ1v) is 11.3. The minimum absolute atomic E-state index is 0.235. The van der Waals surface area contributed by atoms with E-state index in [0.717, 1.165) is 22.6 Å². The van der Waals surface area contributed by atoms with Crippen LogP contribution in [0.15, 0.2) is 89.8 Å².